The number of anilines is 1. The standard InChI is InChI=1S/C27H35N7O3S/c1-16-11-13-18(14-12-16)15-34-21-23(29-17(2)19-7-6-8-19)31-25(22(28)30-27(35)36)32-24(21)33-26(34)38(37)20-9-4-3-5-10-20/h3-5,9-10,16-19H,6-8,11-15H2,1-2H3,(H2,28,30)(H,35,36)(H,29,31,32)/t16?,17-,18?,38?/m1/s1. The van der Waals surface area contributed by atoms with Crippen LogP contribution in [-0.2, 0) is 17.3 Å². The van der Waals surface area contributed by atoms with Crippen molar-refractivity contribution in [2.45, 2.75) is 81.4 Å². The van der Waals surface area contributed by atoms with Gasteiger partial charge in [-0.2, -0.15) is 9.98 Å². The smallest absolute Gasteiger partial charge is 0.433 e. The summed E-state index contributed by atoms with van der Waals surface area (Å²) in [7, 11) is -1.55. The van der Waals surface area contributed by atoms with Crippen LogP contribution >= 0.6 is 0 Å². The fraction of sp³-hybridized carbons (Fsp3) is 0.519. The number of nitrogens with two attached hydrogens (primary N) is 1. The highest BCUT2D eigenvalue weighted by Gasteiger charge is 2.29. The molecular formula is C27H35N7O3S. The first kappa shape index (κ1) is 26.3. The quantitative estimate of drug-likeness (QED) is 0.274. The van der Waals surface area contributed by atoms with Crippen LogP contribution in [0.25, 0.3) is 11.2 Å². The second kappa shape index (κ2) is 11.2. The van der Waals surface area contributed by atoms with Gasteiger partial charge in [-0.3, -0.25) is 0 Å². The van der Waals surface area contributed by atoms with Crippen LogP contribution in [-0.4, -0.2) is 46.8 Å². The lowest BCUT2D eigenvalue weighted by atomic mass is 9.80. The van der Waals surface area contributed by atoms with Gasteiger partial charge in [0.1, 0.15) is 16.3 Å². The molecule has 4 N–H and O–H groups in total. The minimum atomic E-state index is -1.55. The van der Waals surface area contributed by atoms with Gasteiger partial charge in [-0.25, -0.2) is 19.0 Å². The summed E-state index contributed by atoms with van der Waals surface area (Å²) in [4.78, 5) is 29.2. The van der Waals surface area contributed by atoms with Crippen molar-refractivity contribution in [2.24, 2.45) is 28.5 Å². The van der Waals surface area contributed by atoms with Gasteiger partial charge in [-0.1, -0.05) is 44.4 Å². The van der Waals surface area contributed by atoms with Crippen molar-refractivity contribution < 1.29 is 14.1 Å². The molecule has 0 spiro atoms. The maximum Gasteiger partial charge on any atom is 0.433 e. The Morgan fingerprint density at radius 1 is 1.16 bits per heavy atom. The Kier molecular flexibility index (Phi) is 7.73. The van der Waals surface area contributed by atoms with Gasteiger partial charge < -0.3 is 20.7 Å². The van der Waals surface area contributed by atoms with Crippen LogP contribution in [0.15, 0.2) is 45.4 Å². The number of amides is 1. The van der Waals surface area contributed by atoms with Crippen LogP contribution < -0.4 is 11.1 Å². The molecule has 2 atom stereocenters. The average molecular weight is 538 g/mol. The lowest BCUT2D eigenvalue weighted by Crippen LogP contribution is -2.32. The van der Waals surface area contributed by atoms with Crippen molar-refractivity contribution in [3.05, 3.63) is 36.2 Å². The third-order valence-corrected chi connectivity index (χ3v) is 9.28. The van der Waals surface area contributed by atoms with Crippen LogP contribution in [0.4, 0.5) is 10.6 Å². The number of nitrogens with zero attached hydrogens (tertiary/aromatic N) is 5. The average Bonchev–Trinajstić information content (AvgIpc) is 3.22. The van der Waals surface area contributed by atoms with Crippen molar-refractivity contribution in [3.8, 4) is 0 Å². The van der Waals surface area contributed by atoms with Gasteiger partial charge in [0.2, 0.25) is 5.16 Å². The van der Waals surface area contributed by atoms with E-state index < -0.39 is 16.9 Å². The maximum absolute atomic E-state index is 13.8. The Morgan fingerprint density at radius 3 is 2.50 bits per heavy atom. The zero-order chi connectivity index (χ0) is 26.8. The summed E-state index contributed by atoms with van der Waals surface area (Å²) in [5.41, 5.74) is 6.96. The second-order valence-corrected chi connectivity index (χ2v) is 12.1. The predicted molar refractivity (Wildman–Crippen MR) is 147 cm³/mol. The summed E-state index contributed by atoms with van der Waals surface area (Å²) in [6, 6.07) is 9.39. The highest BCUT2D eigenvalue weighted by atomic mass is 32.2. The van der Waals surface area contributed by atoms with Gasteiger partial charge in [-0.05, 0) is 62.5 Å². The first-order chi connectivity index (χ1) is 18.3. The molecule has 202 valence electrons. The van der Waals surface area contributed by atoms with Gasteiger partial charge in [0.05, 0.1) is 0 Å². The third kappa shape index (κ3) is 5.57. The molecule has 2 aromatic heterocycles. The molecule has 1 amide bonds. The third-order valence-electron chi connectivity index (χ3n) is 7.93. The Hall–Kier alpha value is -3.34. The Labute approximate surface area is 224 Å². The van der Waals surface area contributed by atoms with Gasteiger partial charge in [0.25, 0.3) is 0 Å². The van der Waals surface area contributed by atoms with E-state index in [0.717, 1.165) is 25.7 Å². The van der Waals surface area contributed by atoms with Crippen LogP contribution in [0.5, 0.6) is 0 Å². The molecule has 2 saturated carbocycles. The molecule has 11 heteroatoms. The summed E-state index contributed by atoms with van der Waals surface area (Å²) in [6.45, 7) is 5.07. The molecule has 0 bridgehead atoms. The van der Waals surface area contributed by atoms with E-state index in [2.05, 4.69) is 34.1 Å². The largest absolute Gasteiger partial charge is 0.463 e. The van der Waals surface area contributed by atoms with Gasteiger partial charge in [0, 0.05) is 17.5 Å². The number of amidine groups is 1. The molecule has 3 aromatic rings. The highest BCUT2D eigenvalue weighted by Crippen LogP contribution is 2.35. The zero-order valence-corrected chi connectivity index (χ0v) is 22.7. The molecule has 0 aliphatic heterocycles. The van der Waals surface area contributed by atoms with Crippen molar-refractivity contribution in [1.29, 1.82) is 0 Å². The molecule has 2 aliphatic rings. The normalized spacial score (nSPS) is 22.1. The van der Waals surface area contributed by atoms with E-state index in [0.29, 0.717) is 51.3 Å². The number of carboxylic acid groups (broad SMARTS) is 1. The Morgan fingerprint density at radius 2 is 1.87 bits per heavy atom. The fourth-order valence-corrected chi connectivity index (χ4v) is 6.54. The maximum atomic E-state index is 13.8. The van der Waals surface area contributed by atoms with E-state index in [1.54, 1.807) is 0 Å². The first-order valence-corrected chi connectivity index (χ1v) is 14.5. The number of hydrogen-bond acceptors (Lipinski definition) is 6. The number of aromatic nitrogens is 4. The van der Waals surface area contributed by atoms with Crippen LogP contribution in [0.3, 0.4) is 0 Å². The lowest BCUT2D eigenvalue weighted by Gasteiger charge is -2.32. The van der Waals surface area contributed by atoms with Gasteiger partial charge in [0.15, 0.2) is 23.1 Å². The number of fused-ring (bicyclic) bond motifs is 1. The van der Waals surface area contributed by atoms with Crippen LogP contribution in [0, 0.1) is 17.8 Å². The van der Waals surface area contributed by atoms with Crippen molar-refractivity contribution in [3.63, 3.8) is 0 Å². The summed E-state index contributed by atoms with van der Waals surface area (Å²) < 4.78 is 15.8. The topological polar surface area (TPSA) is 148 Å². The van der Waals surface area contributed by atoms with Crippen molar-refractivity contribution in [2.75, 3.05) is 5.32 Å². The Bertz CT molecular complexity index is 1360. The number of benzene rings is 1. The molecule has 0 saturated heterocycles. The molecule has 38 heavy (non-hydrogen) atoms. The van der Waals surface area contributed by atoms with Crippen LogP contribution in [0.2, 0.25) is 0 Å². The summed E-state index contributed by atoms with van der Waals surface area (Å²) >= 11 is 0. The predicted octanol–water partition coefficient (Wildman–Crippen LogP) is 4.80. The van der Waals surface area contributed by atoms with E-state index in [-0.39, 0.29) is 17.7 Å². The Balaban J connectivity index is 1.66. The molecule has 5 rings (SSSR count). The van der Waals surface area contributed by atoms with Gasteiger partial charge in [-0.15, -0.1) is 0 Å². The molecule has 2 heterocycles. The molecule has 1 unspecified atom stereocenters. The minimum absolute atomic E-state index is 0.0172. The molecule has 10 nitrogen and oxygen atoms in total. The molecule has 2 aliphatic carbocycles. The minimum Gasteiger partial charge on any atom is -0.463 e. The van der Waals surface area contributed by atoms with Crippen molar-refractivity contribution in [1.82, 2.24) is 19.5 Å². The highest BCUT2D eigenvalue weighted by molar-refractivity contribution is 7.85. The van der Waals surface area contributed by atoms with E-state index >= 15 is 0 Å². The fourth-order valence-electron chi connectivity index (χ4n) is 5.39. The lowest BCUT2D eigenvalue weighted by molar-refractivity contribution is 0.205. The molecular weight excluding hydrogens is 502 g/mol. The van der Waals surface area contributed by atoms with E-state index in [1.165, 1.54) is 19.3 Å². The number of aliphatic imine (C=N–C) groups is 1. The van der Waals surface area contributed by atoms with Crippen LogP contribution in [0.1, 0.15) is 64.6 Å². The molecule has 2 fully saturated rings. The number of imidazole rings is 1. The molecule has 1 aromatic carbocycles. The van der Waals surface area contributed by atoms with Crippen molar-refractivity contribution >= 4 is 39.7 Å². The number of hydrogen-bond donors (Lipinski definition) is 3. The summed E-state index contributed by atoms with van der Waals surface area (Å²) in [5.74, 6) is 1.84. The van der Waals surface area contributed by atoms with E-state index in [4.69, 9.17) is 15.8 Å². The van der Waals surface area contributed by atoms with E-state index in [9.17, 15) is 9.00 Å². The summed E-state index contributed by atoms with van der Waals surface area (Å²) in [5, 5.41) is 13.1. The number of rotatable bonds is 8. The zero-order valence-electron chi connectivity index (χ0n) is 21.8. The molecule has 0 radical (unpaired) electrons. The van der Waals surface area contributed by atoms with E-state index in [1.807, 2.05) is 34.9 Å². The summed E-state index contributed by atoms with van der Waals surface area (Å²) in [6.07, 6.45) is 6.58. The second-order valence-electron chi connectivity index (χ2n) is 10.7. The number of nitrogens with one attached hydrogen (secondary N) is 1. The SMILES string of the molecule is CC1CCC(Cn2c(S(=O)c3ccccc3)nc3nc(/C(N)=N/C(=O)O)nc(N[C@H](C)C4CCC4)c32)CC1. The first-order valence-electron chi connectivity index (χ1n) is 13.4. The van der Waals surface area contributed by atoms with Gasteiger partial charge >= 0.3 is 6.09 Å². The monoisotopic (exact) mass is 537 g/mol. The number of carbonyl (C=O) groups is 1.